The number of carbonyl (C=O) groups excluding carboxylic acids is 2. The van der Waals surface area contributed by atoms with Gasteiger partial charge in [-0.3, -0.25) is 14.3 Å². The highest BCUT2D eigenvalue weighted by Crippen LogP contribution is 2.42. The van der Waals surface area contributed by atoms with E-state index < -0.39 is 4.75 Å². The summed E-state index contributed by atoms with van der Waals surface area (Å²) in [6, 6.07) is 7.49. The van der Waals surface area contributed by atoms with E-state index in [1.165, 1.54) is 11.8 Å². The summed E-state index contributed by atoms with van der Waals surface area (Å²) < 4.78 is 0.592. The smallest absolute Gasteiger partial charge is 0.250 e. The molecule has 0 bridgehead atoms. The van der Waals surface area contributed by atoms with Crippen molar-refractivity contribution in [3.05, 3.63) is 41.2 Å². The highest BCUT2D eigenvalue weighted by Gasteiger charge is 2.45. The number of carbonyl (C=O) groups is 2. The van der Waals surface area contributed by atoms with Crippen LogP contribution >= 0.6 is 11.8 Å². The van der Waals surface area contributed by atoms with Crippen molar-refractivity contribution in [3.63, 3.8) is 0 Å². The van der Waals surface area contributed by atoms with Crippen molar-refractivity contribution in [2.45, 2.75) is 37.0 Å². The first-order valence-electron chi connectivity index (χ1n) is 7.70. The average molecular weight is 344 g/mol. The summed E-state index contributed by atoms with van der Waals surface area (Å²) in [4.78, 5) is 26.1. The summed E-state index contributed by atoms with van der Waals surface area (Å²) in [5, 5.41) is 10.1. The Kier molecular flexibility index (Phi) is 4.13. The Morgan fingerprint density at radius 2 is 2.08 bits per heavy atom. The van der Waals surface area contributed by atoms with Gasteiger partial charge in [-0.05, 0) is 32.9 Å². The number of fused-ring (bicyclic) bond motifs is 1. The number of aromatic nitrogens is 2. The van der Waals surface area contributed by atoms with Gasteiger partial charge in [0.2, 0.25) is 11.8 Å². The number of hydrogen-bond acceptors (Lipinski definition) is 4. The van der Waals surface area contributed by atoms with E-state index in [1.807, 2.05) is 45.2 Å². The van der Waals surface area contributed by atoms with Crippen LogP contribution in [-0.2, 0) is 23.2 Å². The Morgan fingerprint density at radius 3 is 2.75 bits per heavy atom. The van der Waals surface area contributed by atoms with Gasteiger partial charge in [0.05, 0.1) is 11.4 Å². The quantitative estimate of drug-likeness (QED) is 0.837. The Hall–Kier alpha value is -2.28. The zero-order valence-corrected chi connectivity index (χ0v) is 15.0. The molecule has 7 heteroatoms. The number of benzene rings is 1. The van der Waals surface area contributed by atoms with Gasteiger partial charge in [0.25, 0.3) is 0 Å². The lowest BCUT2D eigenvalue weighted by atomic mass is 10.1. The highest BCUT2D eigenvalue weighted by molar-refractivity contribution is 8.02. The second-order valence-electron chi connectivity index (χ2n) is 6.04. The number of aryl methyl sites for hydroxylation is 2. The van der Waals surface area contributed by atoms with Crippen molar-refractivity contribution < 1.29 is 9.59 Å². The molecule has 6 nitrogen and oxygen atoms in total. The van der Waals surface area contributed by atoms with Gasteiger partial charge < -0.3 is 10.6 Å². The van der Waals surface area contributed by atoms with Crippen molar-refractivity contribution in [1.29, 1.82) is 0 Å². The normalized spacial score (nSPS) is 19.6. The third-order valence-corrected chi connectivity index (χ3v) is 5.76. The highest BCUT2D eigenvalue weighted by atomic mass is 32.2. The van der Waals surface area contributed by atoms with Gasteiger partial charge in [-0.2, -0.15) is 5.10 Å². The first-order valence-corrected chi connectivity index (χ1v) is 8.51. The fraction of sp³-hybridized carbons (Fsp3) is 0.353. The largest absolute Gasteiger partial charge is 0.350 e. The molecule has 24 heavy (non-hydrogen) atoms. The van der Waals surface area contributed by atoms with E-state index in [9.17, 15) is 9.59 Å². The lowest BCUT2D eigenvalue weighted by Gasteiger charge is -2.31. The molecule has 1 aliphatic rings. The second-order valence-corrected chi connectivity index (χ2v) is 7.50. The molecule has 0 aliphatic carbocycles. The number of nitrogens with one attached hydrogen (secondary N) is 2. The molecule has 0 saturated carbocycles. The first kappa shape index (κ1) is 16.6. The average Bonchev–Trinajstić information content (AvgIpc) is 2.79. The molecular formula is C17H20N4O2S. The molecule has 1 aromatic heterocycles. The molecule has 1 aliphatic heterocycles. The van der Waals surface area contributed by atoms with Crippen LogP contribution in [0.15, 0.2) is 29.2 Å². The molecule has 2 N–H and O–H groups in total. The van der Waals surface area contributed by atoms with Crippen LogP contribution in [0.25, 0.3) is 0 Å². The minimum Gasteiger partial charge on any atom is -0.350 e. The van der Waals surface area contributed by atoms with Crippen LogP contribution < -0.4 is 10.6 Å². The van der Waals surface area contributed by atoms with E-state index in [4.69, 9.17) is 0 Å². The third-order valence-electron chi connectivity index (χ3n) is 4.40. The van der Waals surface area contributed by atoms with Crippen LogP contribution in [-0.4, -0.2) is 26.3 Å². The van der Waals surface area contributed by atoms with Crippen molar-refractivity contribution in [1.82, 2.24) is 15.1 Å². The molecular weight excluding hydrogens is 324 g/mol. The van der Waals surface area contributed by atoms with Crippen LogP contribution in [0, 0.1) is 13.8 Å². The minimum absolute atomic E-state index is 0.302. The van der Waals surface area contributed by atoms with Crippen LogP contribution in [0.2, 0.25) is 0 Å². The molecule has 0 radical (unpaired) electrons. The van der Waals surface area contributed by atoms with E-state index in [0.717, 1.165) is 27.5 Å². The summed E-state index contributed by atoms with van der Waals surface area (Å²) in [6.45, 7) is 5.88. The maximum atomic E-state index is 12.7. The number of hydrogen-bond donors (Lipinski definition) is 2. The standard InChI is InChI=1S/C17H20N4O2S/c1-10-12(11(2)21(4)20-10)9-18-15(22)17(3)16(23)19-13-7-5-6-8-14(13)24-17/h5-8H,9H2,1-4H3,(H,18,22)(H,19,23)/t17-/m0/s1. The SMILES string of the molecule is Cc1nn(C)c(C)c1CNC(=O)[C@]1(C)Sc2ccccc2NC1=O. The fourth-order valence-electron chi connectivity index (χ4n) is 2.73. The molecule has 3 rings (SSSR count). The third kappa shape index (κ3) is 2.69. The number of para-hydroxylation sites is 1. The summed E-state index contributed by atoms with van der Waals surface area (Å²) >= 11 is 1.28. The van der Waals surface area contributed by atoms with Crippen molar-refractivity contribution >= 4 is 29.3 Å². The van der Waals surface area contributed by atoms with E-state index in [0.29, 0.717) is 6.54 Å². The number of amides is 2. The molecule has 1 aromatic carbocycles. The molecule has 2 aromatic rings. The van der Waals surface area contributed by atoms with Crippen molar-refractivity contribution in [2.24, 2.45) is 7.05 Å². The van der Waals surface area contributed by atoms with Gasteiger partial charge in [-0.1, -0.05) is 23.9 Å². The predicted octanol–water partition coefficient (Wildman–Crippen LogP) is 2.16. The van der Waals surface area contributed by atoms with E-state index in [1.54, 1.807) is 11.6 Å². The maximum absolute atomic E-state index is 12.7. The summed E-state index contributed by atoms with van der Waals surface area (Å²) in [6.07, 6.45) is 0. The number of anilines is 1. The molecule has 1 atom stereocenters. The van der Waals surface area contributed by atoms with E-state index in [2.05, 4.69) is 15.7 Å². The molecule has 0 saturated heterocycles. The Balaban J connectivity index is 1.78. The number of rotatable bonds is 3. The number of nitrogens with zero attached hydrogens (tertiary/aromatic N) is 2. The van der Waals surface area contributed by atoms with Gasteiger partial charge in [0, 0.05) is 29.7 Å². The maximum Gasteiger partial charge on any atom is 0.250 e. The summed E-state index contributed by atoms with van der Waals surface area (Å²) in [7, 11) is 1.87. The van der Waals surface area contributed by atoms with Gasteiger partial charge in [-0.15, -0.1) is 0 Å². The lowest BCUT2D eigenvalue weighted by molar-refractivity contribution is -0.130. The van der Waals surface area contributed by atoms with Crippen LogP contribution in [0.4, 0.5) is 5.69 Å². The Labute approximate surface area is 145 Å². The molecule has 2 heterocycles. The molecule has 0 fully saturated rings. The topological polar surface area (TPSA) is 76.0 Å². The van der Waals surface area contributed by atoms with E-state index in [-0.39, 0.29) is 11.8 Å². The molecule has 0 unspecified atom stereocenters. The molecule has 0 spiro atoms. The van der Waals surface area contributed by atoms with Crippen LogP contribution in [0.1, 0.15) is 23.9 Å². The van der Waals surface area contributed by atoms with Crippen LogP contribution in [0.3, 0.4) is 0 Å². The van der Waals surface area contributed by atoms with Gasteiger partial charge in [-0.25, -0.2) is 0 Å². The fourth-order valence-corrected chi connectivity index (χ4v) is 3.85. The molecule has 126 valence electrons. The van der Waals surface area contributed by atoms with Crippen molar-refractivity contribution in [3.8, 4) is 0 Å². The van der Waals surface area contributed by atoms with E-state index >= 15 is 0 Å². The van der Waals surface area contributed by atoms with Gasteiger partial charge in [0.15, 0.2) is 4.75 Å². The summed E-state index contributed by atoms with van der Waals surface area (Å²) in [5.74, 6) is -0.606. The monoisotopic (exact) mass is 344 g/mol. The zero-order valence-electron chi connectivity index (χ0n) is 14.1. The lowest BCUT2D eigenvalue weighted by Crippen LogP contribution is -2.51. The number of thioether (sulfide) groups is 1. The van der Waals surface area contributed by atoms with Crippen molar-refractivity contribution in [2.75, 3.05) is 5.32 Å². The van der Waals surface area contributed by atoms with Gasteiger partial charge >= 0.3 is 0 Å². The summed E-state index contributed by atoms with van der Waals surface area (Å²) in [5.41, 5.74) is 3.61. The zero-order chi connectivity index (χ0) is 17.5. The van der Waals surface area contributed by atoms with Gasteiger partial charge in [0.1, 0.15) is 0 Å². The molecule has 2 amide bonds. The predicted molar refractivity (Wildman–Crippen MR) is 93.9 cm³/mol. The Bertz CT molecular complexity index is 830. The Morgan fingerprint density at radius 1 is 1.38 bits per heavy atom. The van der Waals surface area contributed by atoms with Crippen LogP contribution in [0.5, 0.6) is 0 Å². The minimum atomic E-state index is -1.20. The second kappa shape index (κ2) is 5.98. The first-order chi connectivity index (χ1) is 11.3.